The molecule has 2 N–H and O–H groups in total. The van der Waals surface area contributed by atoms with Gasteiger partial charge in [-0.05, 0) is 67.7 Å². The van der Waals surface area contributed by atoms with Crippen molar-refractivity contribution < 1.29 is 18.3 Å². The van der Waals surface area contributed by atoms with E-state index in [2.05, 4.69) is 21.8 Å². The van der Waals surface area contributed by atoms with Gasteiger partial charge in [-0.3, -0.25) is 9.62 Å². The fourth-order valence-electron chi connectivity index (χ4n) is 4.05. The Labute approximate surface area is 189 Å². The van der Waals surface area contributed by atoms with Crippen molar-refractivity contribution in [3.05, 3.63) is 83.4 Å². The molecule has 0 atom stereocenters. The molecule has 1 saturated heterocycles. The maximum absolute atomic E-state index is 12.8. The Hall–Kier alpha value is -3.03. The van der Waals surface area contributed by atoms with E-state index in [1.807, 2.05) is 6.07 Å². The molecular weight excluding hydrogens is 424 g/mol. The van der Waals surface area contributed by atoms with Crippen molar-refractivity contribution in [2.75, 3.05) is 24.9 Å². The molecule has 0 spiro atoms. The lowest BCUT2D eigenvalue weighted by molar-refractivity contribution is 0.321. The van der Waals surface area contributed by atoms with E-state index in [0.717, 1.165) is 42.1 Å². The lowest BCUT2D eigenvalue weighted by Gasteiger charge is -2.18. The second-order valence-electron chi connectivity index (χ2n) is 8.07. The summed E-state index contributed by atoms with van der Waals surface area (Å²) in [6, 6.07) is 19.1. The Balaban J connectivity index is 1.58. The van der Waals surface area contributed by atoms with Crippen molar-refractivity contribution in [1.82, 2.24) is 4.90 Å². The maximum Gasteiger partial charge on any atom is 0.261 e. The van der Waals surface area contributed by atoms with Gasteiger partial charge in [-0.2, -0.15) is 0 Å². The molecule has 1 aliphatic rings. The van der Waals surface area contributed by atoms with Crippen LogP contribution in [0, 0.1) is 0 Å². The first-order valence-corrected chi connectivity index (χ1v) is 12.2. The smallest absolute Gasteiger partial charge is 0.261 e. The lowest BCUT2D eigenvalue weighted by atomic mass is 10.0. The van der Waals surface area contributed by atoms with Crippen molar-refractivity contribution in [3.8, 4) is 11.5 Å². The second-order valence-corrected chi connectivity index (χ2v) is 9.75. The van der Waals surface area contributed by atoms with Gasteiger partial charge in [0.15, 0.2) is 0 Å². The minimum absolute atomic E-state index is 0.00180. The Bertz CT molecular complexity index is 1170. The number of phenols is 1. The third kappa shape index (κ3) is 5.23. The molecule has 3 aromatic rings. The molecule has 0 saturated carbocycles. The molecular formula is C25H28N2O4S. The number of methoxy groups -OCH3 is 1. The van der Waals surface area contributed by atoms with Crippen LogP contribution in [-0.2, 0) is 23.0 Å². The quantitative estimate of drug-likeness (QED) is 0.530. The highest BCUT2D eigenvalue weighted by molar-refractivity contribution is 7.92. The summed E-state index contributed by atoms with van der Waals surface area (Å²) < 4.78 is 33.9. The summed E-state index contributed by atoms with van der Waals surface area (Å²) in [5.74, 6) is 0.831. The highest BCUT2D eigenvalue weighted by Gasteiger charge is 2.18. The lowest BCUT2D eigenvalue weighted by Crippen LogP contribution is -2.18. The molecule has 0 aliphatic carbocycles. The van der Waals surface area contributed by atoms with Gasteiger partial charge in [-0.1, -0.05) is 36.4 Å². The van der Waals surface area contributed by atoms with Crippen LogP contribution >= 0.6 is 0 Å². The summed E-state index contributed by atoms with van der Waals surface area (Å²) in [5, 5.41) is 9.97. The SMILES string of the molecule is COc1cc(Cc2ccc(O)cc2NS(=O)(=O)c2ccccc2)ccc1CN1CCCC1. The van der Waals surface area contributed by atoms with E-state index in [1.54, 1.807) is 37.4 Å². The van der Waals surface area contributed by atoms with E-state index in [9.17, 15) is 13.5 Å². The molecule has 4 rings (SSSR count). The number of rotatable bonds is 8. The number of likely N-dealkylation sites (tertiary alicyclic amines) is 1. The van der Waals surface area contributed by atoms with Crippen LogP contribution in [0.4, 0.5) is 5.69 Å². The number of benzene rings is 3. The molecule has 0 amide bonds. The number of hydrogen-bond donors (Lipinski definition) is 2. The molecule has 0 bridgehead atoms. The summed E-state index contributed by atoms with van der Waals surface area (Å²) in [4.78, 5) is 2.59. The normalized spacial score (nSPS) is 14.4. The first kappa shape index (κ1) is 22.2. The van der Waals surface area contributed by atoms with Crippen LogP contribution < -0.4 is 9.46 Å². The van der Waals surface area contributed by atoms with Crippen molar-refractivity contribution in [1.29, 1.82) is 0 Å². The van der Waals surface area contributed by atoms with Crippen LogP contribution in [0.5, 0.6) is 11.5 Å². The number of nitrogens with zero attached hydrogens (tertiary/aromatic N) is 1. The molecule has 32 heavy (non-hydrogen) atoms. The van der Waals surface area contributed by atoms with Gasteiger partial charge in [0.25, 0.3) is 10.0 Å². The van der Waals surface area contributed by atoms with Crippen LogP contribution in [0.2, 0.25) is 0 Å². The number of phenolic OH excluding ortho intramolecular Hbond substituents is 1. The third-order valence-electron chi connectivity index (χ3n) is 5.73. The molecule has 1 aliphatic heterocycles. The van der Waals surface area contributed by atoms with E-state index >= 15 is 0 Å². The number of hydrogen-bond acceptors (Lipinski definition) is 5. The second kappa shape index (κ2) is 9.63. The topological polar surface area (TPSA) is 78.9 Å². The van der Waals surface area contributed by atoms with Gasteiger partial charge in [-0.15, -0.1) is 0 Å². The first-order valence-electron chi connectivity index (χ1n) is 10.7. The molecule has 0 aromatic heterocycles. The van der Waals surface area contributed by atoms with Crippen LogP contribution in [0.25, 0.3) is 0 Å². The molecule has 6 nitrogen and oxygen atoms in total. The Morgan fingerprint density at radius 2 is 1.69 bits per heavy atom. The molecule has 7 heteroatoms. The summed E-state index contributed by atoms with van der Waals surface area (Å²) in [7, 11) is -2.10. The highest BCUT2D eigenvalue weighted by atomic mass is 32.2. The van der Waals surface area contributed by atoms with E-state index in [4.69, 9.17) is 4.74 Å². The summed E-state index contributed by atoms with van der Waals surface area (Å²) in [6.07, 6.45) is 2.97. The molecule has 1 heterocycles. The summed E-state index contributed by atoms with van der Waals surface area (Å²) in [6.45, 7) is 3.09. The van der Waals surface area contributed by atoms with E-state index in [1.165, 1.54) is 31.0 Å². The summed E-state index contributed by atoms with van der Waals surface area (Å²) >= 11 is 0. The van der Waals surface area contributed by atoms with Gasteiger partial charge < -0.3 is 9.84 Å². The van der Waals surface area contributed by atoms with E-state index in [-0.39, 0.29) is 10.6 Å². The van der Waals surface area contributed by atoms with Crippen LogP contribution in [-0.4, -0.2) is 38.6 Å². The van der Waals surface area contributed by atoms with Crippen LogP contribution in [0.3, 0.4) is 0 Å². The zero-order valence-electron chi connectivity index (χ0n) is 18.1. The number of ether oxygens (including phenoxy) is 1. The number of nitrogens with one attached hydrogen (secondary N) is 1. The van der Waals surface area contributed by atoms with Crippen molar-refractivity contribution >= 4 is 15.7 Å². The van der Waals surface area contributed by atoms with Crippen LogP contribution in [0.1, 0.15) is 29.5 Å². The Morgan fingerprint density at radius 1 is 0.969 bits per heavy atom. The summed E-state index contributed by atoms with van der Waals surface area (Å²) in [5.41, 5.74) is 3.26. The van der Waals surface area contributed by atoms with Gasteiger partial charge in [-0.25, -0.2) is 8.42 Å². The largest absolute Gasteiger partial charge is 0.508 e. The number of sulfonamides is 1. The minimum atomic E-state index is -3.77. The van der Waals surface area contributed by atoms with Gasteiger partial charge in [0.1, 0.15) is 11.5 Å². The maximum atomic E-state index is 12.8. The average molecular weight is 453 g/mol. The van der Waals surface area contributed by atoms with Gasteiger partial charge in [0, 0.05) is 18.2 Å². The van der Waals surface area contributed by atoms with E-state index in [0.29, 0.717) is 12.1 Å². The predicted octanol–water partition coefficient (Wildman–Crippen LogP) is 4.39. The minimum Gasteiger partial charge on any atom is -0.508 e. The van der Waals surface area contributed by atoms with Gasteiger partial charge in [0.2, 0.25) is 0 Å². The third-order valence-corrected chi connectivity index (χ3v) is 7.11. The monoisotopic (exact) mass is 452 g/mol. The Morgan fingerprint density at radius 3 is 2.41 bits per heavy atom. The van der Waals surface area contributed by atoms with Crippen molar-refractivity contribution in [2.45, 2.75) is 30.7 Å². The van der Waals surface area contributed by atoms with Crippen molar-refractivity contribution in [3.63, 3.8) is 0 Å². The fourth-order valence-corrected chi connectivity index (χ4v) is 5.16. The standard InChI is InChI=1S/C25H28N2O4S/c1-31-25-16-19(9-10-21(25)18-27-13-5-6-14-27)15-20-11-12-22(28)17-24(20)26-32(29,30)23-7-3-2-4-8-23/h2-4,7-12,16-17,26,28H,5-6,13-15,18H2,1H3. The molecule has 0 unspecified atom stereocenters. The predicted molar refractivity (Wildman–Crippen MR) is 126 cm³/mol. The van der Waals surface area contributed by atoms with Crippen LogP contribution in [0.15, 0.2) is 71.6 Å². The zero-order chi connectivity index (χ0) is 22.6. The molecule has 168 valence electrons. The zero-order valence-corrected chi connectivity index (χ0v) is 18.9. The van der Waals surface area contributed by atoms with E-state index < -0.39 is 10.0 Å². The molecule has 0 radical (unpaired) electrons. The van der Waals surface area contributed by atoms with Crippen molar-refractivity contribution in [2.24, 2.45) is 0 Å². The molecule has 3 aromatic carbocycles. The highest BCUT2D eigenvalue weighted by Crippen LogP contribution is 2.29. The number of aromatic hydroxyl groups is 1. The molecule has 1 fully saturated rings. The fraction of sp³-hybridized carbons (Fsp3) is 0.280. The average Bonchev–Trinajstić information content (AvgIpc) is 3.30. The van der Waals surface area contributed by atoms with Gasteiger partial charge in [0.05, 0.1) is 17.7 Å². The van der Waals surface area contributed by atoms with Gasteiger partial charge >= 0.3 is 0 Å². The number of anilines is 1. The Kier molecular flexibility index (Phi) is 6.67. The first-order chi connectivity index (χ1) is 15.4.